The summed E-state index contributed by atoms with van der Waals surface area (Å²) in [4.78, 5) is 13.7. The van der Waals surface area contributed by atoms with Gasteiger partial charge >= 0.3 is 0 Å². The SMILES string of the molecule is CCc1c(Oc2cccc(N3CCN(C)CC3)c2Cl)nc(NS(=O)(=O)c2cnn(C)c2)nc1-c1ccccc1OC(C)C. The first-order chi connectivity index (χ1) is 20.6. The summed E-state index contributed by atoms with van der Waals surface area (Å²) in [7, 11) is -0.306. The summed E-state index contributed by atoms with van der Waals surface area (Å²) in [6, 6.07) is 13.1. The first kappa shape index (κ1) is 30.6. The number of aryl methyl sites for hydroxylation is 1. The molecule has 0 unspecified atom stereocenters. The molecule has 1 fully saturated rings. The number of hydrogen-bond donors (Lipinski definition) is 1. The van der Waals surface area contributed by atoms with Crippen LogP contribution >= 0.6 is 11.6 Å². The number of anilines is 2. The molecule has 1 aliphatic rings. The van der Waals surface area contributed by atoms with Gasteiger partial charge in [-0.15, -0.1) is 0 Å². The third kappa shape index (κ3) is 6.87. The maximum absolute atomic E-state index is 13.3. The van der Waals surface area contributed by atoms with E-state index in [1.165, 1.54) is 17.1 Å². The number of halogens is 1. The molecular formula is C30H36ClN7O4S. The van der Waals surface area contributed by atoms with Gasteiger partial charge in [0.05, 0.1) is 23.7 Å². The molecule has 0 radical (unpaired) electrons. The lowest BCUT2D eigenvalue weighted by molar-refractivity contribution is 0.243. The molecule has 5 rings (SSSR count). The maximum Gasteiger partial charge on any atom is 0.267 e. The predicted molar refractivity (Wildman–Crippen MR) is 168 cm³/mol. The Balaban J connectivity index is 1.62. The third-order valence-electron chi connectivity index (χ3n) is 7.04. The number of nitrogens with one attached hydrogen (secondary N) is 1. The second-order valence-corrected chi connectivity index (χ2v) is 12.7. The summed E-state index contributed by atoms with van der Waals surface area (Å²) in [5, 5.41) is 4.44. The highest BCUT2D eigenvalue weighted by atomic mass is 35.5. The highest BCUT2D eigenvalue weighted by Gasteiger charge is 2.25. The molecule has 2 aromatic carbocycles. The first-order valence-corrected chi connectivity index (χ1v) is 16.0. The number of nitrogens with zero attached hydrogens (tertiary/aromatic N) is 6. The Labute approximate surface area is 257 Å². The Kier molecular flexibility index (Phi) is 9.09. The molecule has 1 saturated heterocycles. The van der Waals surface area contributed by atoms with Gasteiger partial charge in [0.15, 0.2) is 0 Å². The Morgan fingerprint density at radius 1 is 1.00 bits per heavy atom. The largest absolute Gasteiger partial charge is 0.490 e. The molecule has 11 nitrogen and oxygen atoms in total. The second kappa shape index (κ2) is 12.8. The molecule has 1 aliphatic heterocycles. The normalized spacial score (nSPS) is 14.3. The number of benzene rings is 2. The first-order valence-electron chi connectivity index (χ1n) is 14.1. The van der Waals surface area contributed by atoms with Crippen molar-refractivity contribution in [3.05, 3.63) is 65.4 Å². The highest BCUT2D eigenvalue weighted by molar-refractivity contribution is 7.92. The van der Waals surface area contributed by atoms with Crippen LogP contribution in [0.3, 0.4) is 0 Å². The summed E-state index contributed by atoms with van der Waals surface area (Å²) in [6.07, 6.45) is 3.06. The molecule has 0 amide bonds. The van der Waals surface area contributed by atoms with Crippen LogP contribution in [0.2, 0.25) is 5.02 Å². The van der Waals surface area contributed by atoms with E-state index in [0.29, 0.717) is 39.8 Å². The van der Waals surface area contributed by atoms with Crippen molar-refractivity contribution < 1.29 is 17.9 Å². The van der Waals surface area contributed by atoms with Crippen molar-refractivity contribution >= 4 is 33.3 Å². The third-order valence-corrected chi connectivity index (χ3v) is 8.70. The van der Waals surface area contributed by atoms with E-state index in [1.807, 2.05) is 57.2 Å². The Bertz CT molecular complexity index is 1700. The van der Waals surface area contributed by atoms with Crippen LogP contribution in [0.5, 0.6) is 17.4 Å². The minimum atomic E-state index is -4.05. The van der Waals surface area contributed by atoms with Crippen LogP contribution < -0.4 is 19.1 Å². The van der Waals surface area contributed by atoms with Crippen molar-refractivity contribution in [1.82, 2.24) is 24.6 Å². The van der Waals surface area contributed by atoms with E-state index in [-0.39, 0.29) is 22.8 Å². The Morgan fingerprint density at radius 2 is 1.72 bits per heavy atom. The van der Waals surface area contributed by atoms with E-state index >= 15 is 0 Å². The standard InChI is InChI=1S/C30H36ClN7O4S/c1-6-22-28(23-10-7-8-12-25(23)41-20(2)3)33-30(35-43(39,40)21-18-32-37(5)19-21)34-29(22)42-26-13-9-11-24(27(26)31)38-16-14-36(4)15-17-38/h7-13,18-20H,6,14-17H2,1-5H3,(H,33,34,35). The number of rotatable bonds is 10. The van der Waals surface area contributed by atoms with Crippen LogP contribution in [-0.4, -0.2) is 72.4 Å². The summed E-state index contributed by atoms with van der Waals surface area (Å²) >= 11 is 6.93. The van der Waals surface area contributed by atoms with Gasteiger partial charge in [0.25, 0.3) is 10.0 Å². The molecular weight excluding hydrogens is 590 g/mol. The van der Waals surface area contributed by atoms with Gasteiger partial charge in [0, 0.05) is 50.6 Å². The van der Waals surface area contributed by atoms with Crippen molar-refractivity contribution in [3.8, 4) is 28.6 Å². The van der Waals surface area contributed by atoms with E-state index in [4.69, 9.17) is 21.1 Å². The van der Waals surface area contributed by atoms with Gasteiger partial charge in [0.2, 0.25) is 11.8 Å². The monoisotopic (exact) mass is 625 g/mol. The lowest BCUT2D eigenvalue weighted by Gasteiger charge is -2.34. The van der Waals surface area contributed by atoms with Gasteiger partial charge in [-0.05, 0) is 51.6 Å². The van der Waals surface area contributed by atoms with Crippen molar-refractivity contribution in [2.45, 2.75) is 38.2 Å². The quantitative estimate of drug-likeness (QED) is 0.253. The molecule has 4 aromatic rings. The Morgan fingerprint density at radius 3 is 2.40 bits per heavy atom. The van der Waals surface area contributed by atoms with E-state index in [2.05, 4.69) is 36.6 Å². The zero-order chi connectivity index (χ0) is 30.7. The Hall–Kier alpha value is -3.87. The second-order valence-electron chi connectivity index (χ2n) is 10.6. The molecule has 13 heteroatoms. The molecule has 0 saturated carbocycles. The number of piperazine rings is 1. The maximum atomic E-state index is 13.3. The van der Waals surface area contributed by atoms with Gasteiger partial charge in [0.1, 0.15) is 21.4 Å². The van der Waals surface area contributed by atoms with Crippen molar-refractivity contribution in [2.75, 3.05) is 42.8 Å². The van der Waals surface area contributed by atoms with Gasteiger partial charge in [-0.2, -0.15) is 10.1 Å². The van der Waals surface area contributed by atoms with Crippen LogP contribution in [0.15, 0.2) is 59.8 Å². The van der Waals surface area contributed by atoms with Crippen LogP contribution in [-0.2, 0) is 23.5 Å². The molecule has 2 aromatic heterocycles. The van der Waals surface area contributed by atoms with Gasteiger partial charge in [-0.1, -0.05) is 36.7 Å². The molecule has 0 spiro atoms. The van der Waals surface area contributed by atoms with E-state index in [1.54, 1.807) is 13.1 Å². The minimum absolute atomic E-state index is 0.0198. The molecule has 3 heterocycles. The van der Waals surface area contributed by atoms with Gasteiger partial charge in [-0.25, -0.2) is 18.1 Å². The molecule has 228 valence electrons. The fourth-order valence-electron chi connectivity index (χ4n) is 4.84. The number of hydrogen-bond acceptors (Lipinski definition) is 9. The van der Waals surface area contributed by atoms with Crippen molar-refractivity contribution in [3.63, 3.8) is 0 Å². The molecule has 1 N–H and O–H groups in total. The van der Waals surface area contributed by atoms with Gasteiger partial charge < -0.3 is 19.3 Å². The smallest absolute Gasteiger partial charge is 0.267 e. The molecule has 0 aliphatic carbocycles. The van der Waals surface area contributed by atoms with Crippen molar-refractivity contribution in [2.24, 2.45) is 7.05 Å². The number of sulfonamides is 1. The lowest BCUT2D eigenvalue weighted by Crippen LogP contribution is -2.44. The van der Waals surface area contributed by atoms with Crippen molar-refractivity contribution in [1.29, 1.82) is 0 Å². The average Bonchev–Trinajstić information content (AvgIpc) is 3.42. The van der Waals surface area contributed by atoms with Crippen LogP contribution in [0.25, 0.3) is 11.3 Å². The molecule has 0 bridgehead atoms. The molecule has 43 heavy (non-hydrogen) atoms. The topological polar surface area (TPSA) is 115 Å². The highest BCUT2D eigenvalue weighted by Crippen LogP contribution is 2.41. The lowest BCUT2D eigenvalue weighted by atomic mass is 10.0. The average molecular weight is 626 g/mol. The predicted octanol–water partition coefficient (Wildman–Crippen LogP) is 5.23. The summed E-state index contributed by atoms with van der Waals surface area (Å²) in [6.45, 7) is 9.37. The van der Waals surface area contributed by atoms with Crippen LogP contribution in [0, 0.1) is 0 Å². The summed E-state index contributed by atoms with van der Waals surface area (Å²) in [5.74, 6) is 1.04. The molecule has 0 atom stereocenters. The zero-order valence-corrected chi connectivity index (χ0v) is 26.5. The van der Waals surface area contributed by atoms with E-state index in [0.717, 1.165) is 31.9 Å². The number of para-hydroxylation sites is 1. The van der Waals surface area contributed by atoms with Gasteiger partial charge in [-0.3, -0.25) is 4.68 Å². The van der Waals surface area contributed by atoms with E-state index in [9.17, 15) is 8.42 Å². The zero-order valence-electron chi connectivity index (χ0n) is 24.9. The number of likely N-dealkylation sites (N-methyl/N-ethyl adjacent to an activating group) is 1. The fourth-order valence-corrected chi connectivity index (χ4v) is 6.06. The summed E-state index contributed by atoms with van der Waals surface area (Å²) < 4.78 is 42.9. The van der Waals surface area contributed by atoms with E-state index < -0.39 is 10.0 Å². The van der Waals surface area contributed by atoms with Crippen LogP contribution in [0.1, 0.15) is 26.3 Å². The van der Waals surface area contributed by atoms with Crippen LogP contribution in [0.4, 0.5) is 11.6 Å². The minimum Gasteiger partial charge on any atom is -0.490 e. The summed E-state index contributed by atoms with van der Waals surface area (Å²) in [5.41, 5.74) is 2.70. The number of ether oxygens (including phenoxy) is 2. The fraction of sp³-hybridized carbons (Fsp3) is 0.367. The number of aromatic nitrogens is 4.